The summed E-state index contributed by atoms with van der Waals surface area (Å²) >= 11 is 0. The molecule has 1 saturated carbocycles. The summed E-state index contributed by atoms with van der Waals surface area (Å²) in [5.41, 5.74) is 0.0643. The van der Waals surface area contributed by atoms with Crippen molar-refractivity contribution in [2.45, 2.75) is 31.6 Å². The van der Waals surface area contributed by atoms with Gasteiger partial charge in [0.25, 0.3) is 0 Å². The molecule has 86 valence electrons. The second-order valence-corrected chi connectivity index (χ2v) is 4.44. The standard InChI is InChI=1S/C12H13FO3/c1-7-2-3-8(13)10(11(7)16)12(4-5-12)6-9(14)15/h2-3,16H,4-6H2,1H3,(H,14,15). The van der Waals surface area contributed by atoms with Gasteiger partial charge < -0.3 is 10.2 Å². The lowest BCUT2D eigenvalue weighted by atomic mass is 9.89. The average molecular weight is 224 g/mol. The second kappa shape index (κ2) is 3.47. The van der Waals surface area contributed by atoms with Gasteiger partial charge in [0.2, 0.25) is 0 Å². The van der Waals surface area contributed by atoms with Gasteiger partial charge in [-0.3, -0.25) is 4.79 Å². The number of benzene rings is 1. The molecule has 1 aromatic rings. The van der Waals surface area contributed by atoms with E-state index < -0.39 is 17.2 Å². The third-order valence-electron chi connectivity index (χ3n) is 3.20. The molecule has 0 amide bonds. The van der Waals surface area contributed by atoms with Crippen LogP contribution in [0.15, 0.2) is 12.1 Å². The monoisotopic (exact) mass is 224 g/mol. The van der Waals surface area contributed by atoms with Crippen molar-refractivity contribution in [3.8, 4) is 5.75 Å². The molecule has 0 aliphatic heterocycles. The Hall–Kier alpha value is -1.58. The fourth-order valence-corrected chi connectivity index (χ4v) is 2.13. The highest BCUT2D eigenvalue weighted by atomic mass is 19.1. The highest BCUT2D eigenvalue weighted by Gasteiger charge is 2.49. The van der Waals surface area contributed by atoms with E-state index in [2.05, 4.69) is 0 Å². The van der Waals surface area contributed by atoms with Gasteiger partial charge in [0.05, 0.1) is 6.42 Å². The van der Waals surface area contributed by atoms with E-state index in [1.54, 1.807) is 6.92 Å². The molecule has 0 heterocycles. The summed E-state index contributed by atoms with van der Waals surface area (Å²) in [6.45, 7) is 1.68. The van der Waals surface area contributed by atoms with Crippen LogP contribution in [0, 0.1) is 12.7 Å². The average Bonchev–Trinajstić information content (AvgIpc) is 2.92. The number of phenolic OH excluding ortho intramolecular Hbond substituents is 1. The largest absolute Gasteiger partial charge is 0.507 e. The number of aliphatic carboxylic acids is 1. The first-order valence-corrected chi connectivity index (χ1v) is 5.17. The van der Waals surface area contributed by atoms with Gasteiger partial charge in [-0.2, -0.15) is 0 Å². The van der Waals surface area contributed by atoms with E-state index in [9.17, 15) is 14.3 Å². The molecule has 2 rings (SSSR count). The van der Waals surface area contributed by atoms with Crippen molar-refractivity contribution in [3.63, 3.8) is 0 Å². The predicted molar refractivity (Wildman–Crippen MR) is 56.0 cm³/mol. The minimum Gasteiger partial charge on any atom is -0.507 e. The number of carboxylic acid groups (broad SMARTS) is 1. The fraction of sp³-hybridized carbons (Fsp3) is 0.417. The molecule has 0 unspecified atom stereocenters. The molecule has 0 spiro atoms. The first kappa shape index (κ1) is 10.9. The highest BCUT2D eigenvalue weighted by Crippen LogP contribution is 2.55. The van der Waals surface area contributed by atoms with Gasteiger partial charge >= 0.3 is 5.97 Å². The number of rotatable bonds is 3. The molecule has 2 N–H and O–H groups in total. The maximum atomic E-state index is 13.7. The Morgan fingerprint density at radius 1 is 1.50 bits per heavy atom. The van der Waals surface area contributed by atoms with E-state index in [1.165, 1.54) is 12.1 Å². The number of hydrogen-bond acceptors (Lipinski definition) is 2. The van der Waals surface area contributed by atoms with Crippen LogP contribution in [0.25, 0.3) is 0 Å². The molecular weight excluding hydrogens is 211 g/mol. The Bertz CT molecular complexity index is 450. The number of halogens is 1. The summed E-state index contributed by atoms with van der Waals surface area (Å²) in [4.78, 5) is 10.7. The lowest BCUT2D eigenvalue weighted by molar-refractivity contribution is -0.137. The van der Waals surface area contributed by atoms with Crippen molar-refractivity contribution in [2.24, 2.45) is 0 Å². The van der Waals surface area contributed by atoms with Gasteiger partial charge in [-0.05, 0) is 31.4 Å². The van der Waals surface area contributed by atoms with Gasteiger partial charge in [-0.1, -0.05) is 6.07 Å². The summed E-state index contributed by atoms with van der Waals surface area (Å²) in [6, 6.07) is 2.78. The molecule has 0 aromatic heterocycles. The van der Waals surface area contributed by atoms with Crippen molar-refractivity contribution >= 4 is 5.97 Å². The van der Waals surface area contributed by atoms with Crippen molar-refractivity contribution in [3.05, 3.63) is 29.1 Å². The zero-order valence-electron chi connectivity index (χ0n) is 8.96. The van der Waals surface area contributed by atoms with Crippen LogP contribution in [0.2, 0.25) is 0 Å². The van der Waals surface area contributed by atoms with E-state index in [0.29, 0.717) is 18.4 Å². The van der Waals surface area contributed by atoms with E-state index in [-0.39, 0.29) is 17.7 Å². The van der Waals surface area contributed by atoms with E-state index in [1.807, 2.05) is 0 Å². The number of aryl methyl sites for hydroxylation is 1. The molecule has 0 atom stereocenters. The number of carboxylic acids is 1. The minimum atomic E-state index is -0.960. The minimum absolute atomic E-state index is 0.0984. The molecule has 1 fully saturated rings. The Morgan fingerprint density at radius 3 is 2.62 bits per heavy atom. The Kier molecular flexibility index (Phi) is 2.37. The highest BCUT2D eigenvalue weighted by molar-refractivity contribution is 5.70. The van der Waals surface area contributed by atoms with E-state index in [4.69, 9.17) is 5.11 Å². The van der Waals surface area contributed by atoms with Crippen LogP contribution >= 0.6 is 0 Å². The Labute approximate surface area is 92.5 Å². The van der Waals surface area contributed by atoms with Gasteiger partial charge in [0.15, 0.2) is 0 Å². The SMILES string of the molecule is Cc1ccc(F)c(C2(CC(=O)O)CC2)c1O. The van der Waals surface area contributed by atoms with Crippen LogP contribution in [0.5, 0.6) is 5.75 Å². The zero-order valence-corrected chi connectivity index (χ0v) is 8.96. The molecular formula is C12H13FO3. The molecule has 0 radical (unpaired) electrons. The topological polar surface area (TPSA) is 57.5 Å². The van der Waals surface area contributed by atoms with Gasteiger partial charge in [0, 0.05) is 11.0 Å². The molecule has 1 aliphatic carbocycles. The molecule has 4 heteroatoms. The third kappa shape index (κ3) is 1.64. The van der Waals surface area contributed by atoms with Crippen molar-refractivity contribution in [2.75, 3.05) is 0 Å². The summed E-state index contributed by atoms with van der Waals surface area (Å²) in [7, 11) is 0. The number of carbonyl (C=O) groups is 1. The summed E-state index contributed by atoms with van der Waals surface area (Å²) in [5.74, 6) is -1.57. The third-order valence-corrected chi connectivity index (χ3v) is 3.20. The molecule has 1 aliphatic rings. The quantitative estimate of drug-likeness (QED) is 0.828. The number of aromatic hydroxyl groups is 1. The van der Waals surface area contributed by atoms with Gasteiger partial charge in [-0.15, -0.1) is 0 Å². The zero-order chi connectivity index (χ0) is 11.9. The van der Waals surface area contributed by atoms with Crippen molar-refractivity contribution in [1.29, 1.82) is 0 Å². The van der Waals surface area contributed by atoms with Crippen molar-refractivity contribution < 1.29 is 19.4 Å². The van der Waals surface area contributed by atoms with Gasteiger partial charge in [-0.25, -0.2) is 4.39 Å². The fourth-order valence-electron chi connectivity index (χ4n) is 2.13. The summed E-state index contributed by atoms with van der Waals surface area (Å²) in [5, 5.41) is 18.6. The summed E-state index contributed by atoms with van der Waals surface area (Å²) < 4.78 is 13.7. The second-order valence-electron chi connectivity index (χ2n) is 4.44. The van der Waals surface area contributed by atoms with Crippen LogP contribution in [0.1, 0.15) is 30.4 Å². The predicted octanol–water partition coefficient (Wildman–Crippen LogP) is 2.35. The number of hydrogen-bond donors (Lipinski definition) is 2. The van der Waals surface area contributed by atoms with E-state index >= 15 is 0 Å². The van der Waals surface area contributed by atoms with E-state index in [0.717, 1.165) is 0 Å². The molecule has 1 aromatic carbocycles. The van der Waals surface area contributed by atoms with Crippen LogP contribution in [-0.4, -0.2) is 16.2 Å². The Balaban J connectivity index is 2.48. The first-order valence-electron chi connectivity index (χ1n) is 5.17. The van der Waals surface area contributed by atoms with Crippen LogP contribution in [-0.2, 0) is 10.2 Å². The molecule has 3 nitrogen and oxygen atoms in total. The maximum Gasteiger partial charge on any atom is 0.304 e. The normalized spacial score (nSPS) is 17.1. The smallest absolute Gasteiger partial charge is 0.304 e. The Morgan fingerprint density at radius 2 is 2.12 bits per heavy atom. The first-order chi connectivity index (χ1) is 7.46. The van der Waals surface area contributed by atoms with Crippen LogP contribution in [0.3, 0.4) is 0 Å². The maximum absolute atomic E-state index is 13.7. The lowest BCUT2D eigenvalue weighted by Crippen LogP contribution is -2.15. The van der Waals surface area contributed by atoms with Crippen LogP contribution in [0.4, 0.5) is 4.39 Å². The van der Waals surface area contributed by atoms with Crippen LogP contribution < -0.4 is 0 Å². The molecule has 0 bridgehead atoms. The van der Waals surface area contributed by atoms with Gasteiger partial charge in [0.1, 0.15) is 11.6 Å². The summed E-state index contributed by atoms with van der Waals surface area (Å²) in [6.07, 6.45) is 1.11. The molecule has 0 saturated heterocycles. The number of phenols is 1. The lowest BCUT2D eigenvalue weighted by Gasteiger charge is -2.17. The molecule has 16 heavy (non-hydrogen) atoms. The van der Waals surface area contributed by atoms with Crippen molar-refractivity contribution in [1.82, 2.24) is 0 Å².